The van der Waals surface area contributed by atoms with Crippen molar-refractivity contribution < 1.29 is 27.4 Å². The molecule has 0 saturated heterocycles. The number of esters is 1. The molecule has 6 heteroatoms. The van der Waals surface area contributed by atoms with Crippen molar-refractivity contribution in [2.75, 3.05) is 6.61 Å². The van der Waals surface area contributed by atoms with Crippen LogP contribution in [0.2, 0.25) is 0 Å². The molecule has 30 heavy (non-hydrogen) atoms. The summed E-state index contributed by atoms with van der Waals surface area (Å²) in [5.41, 5.74) is -1.07. The zero-order valence-electron chi connectivity index (χ0n) is 17.6. The third kappa shape index (κ3) is 3.40. The Kier molecular flexibility index (Phi) is 4.38. The van der Waals surface area contributed by atoms with Gasteiger partial charge in [0, 0.05) is 0 Å². The van der Waals surface area contributed by atoms with E-state index in [1.54, 1.807) is 0 Å². The maximum Gasteiger partial charge on any atom is 0.404 e. The third-order valence-corrected chi connectivity index (χ3v) is 9.52. The lowest BCUT2D eigenvalue weighted by Crippen LogP contribution is -2.55. The SMILES string of the molecule is O=C(OC12CC3CC(CC(C3)C1)C2)C(COC12CC3CC(CC(C3)C1)C2)C(F)(F)F. The highest BCUT2D eigenvalue weighted by atomic mass is 19.4. The van der Waals surface area contributed by atoms with Gasteiger partial charge in [-0.25, -0.2) is 0 Å². The molecule has 0 aromatic carbocycles. The van der Waals surface area contributed by atoms with Crippen LogP contribution in [-0.4, -0.2) is 30.0 Å². The Hall–Kier alpha value is -0.780. The van der Waals surface area contributed by atoms with Gasteiger partial charge in [-0.1, -0.05) is 0 Å². The summed E-state index contributed by atoms with van der Waals surface area (Å²) in [5, 5.41) is 0. The molecule has 0 aromatic rings. The molecule has 0 amide bonds. The van der Waals surface area contributed by atoms with Crippen LogP contribution in [0.4, 0.5) is 13.2 Å². The number of hydrogen-bond donors (Lipinski definition) is 0. The van der Waals surface area contributed by atoms with Gasteiger partial charge in [0.25, 0.3) is 0 Å². The molecule has 8 rings (SSSR count). The molecule has 8 bridgehead atoms. The minimum absolute atomic E-state index is 0.431. The van der Waals surface area contributed by atoms with Crippen LogP contribution >= 0.6 is 0 Å². The molecule has 8 saturated carbocycles. The smallest absolute Gasteiger partial charge is 0.404 e. The Bertz CT molecular complexity index is 644. The first-order valence-electron chi connectivity index (χ1n) is 12.1. The summed E-state index contributed by atoms with van der Waals surface area (Å²) < 4.78 is 53.5. The largest absolute Gasteiger partial charge is 0.459 e. The van der Waals surface area contributed by atoms with Crippen molar-refractivity contribution in [1.82, 2.24) is 0 Å². The number of ether oxygens (including phenoxy) is 2. The third-order valence-electron chi connectivity index (χ3n) is 9.52. The standard InChI is InChI=1S/C24H33F3O3/c25-24(26,27)20(13-29-22-7-14-1-15(8-22)3-16(2-14)9-22)21(28)30-23-10-17-4-18(11-23)6-19(5-17)12-23/h14-20H,1-13H2. The van der Waals surface area contributed by atoms with Gasteiger partial charge in [0.2, 0.25) is 0 Å². The number of carbonyl (C=O) groups excluding carboxylic acids is 1. The Labute approximate surface area is 176 Å². The van der Waals surface area contributed by atoms with Crippen LogP contribution in [0.5, 0.6) is 0 Å². The Morgan fingerprint density at radius 2 is 1.10 bits per heavy atom. The van der Waals surface area contributed by atoms with E-state index in [4.69, 9.17) is 9.47 Å². The number of carbonyl (C=O) groups is 1. The quantitative estimate of drug-likeness (QED) is 0.532. The normalized spacial score (nSPS) is 49.4. The molecule has 0 aliphatic heterocycles. The van der Waals surface area contributed by atoms with E-state index >= 15 is 0 Å². The summed E-state index contributed by atoms with van der Waals surface area (Å²) >= 11 is 0. The van der Waals surface area contributed by atoms with E-state index < -0.39 is 35.9 Å². The fourth-order valence-corrected chi connectivity index (χ4v) is 9.20. The highest BCUT2D eigenvalue weighted by molar-refractivity contribution is 5.74. The van der Waals surface area contributed by atoms with Crippen molar-refractivity contribution >= 4 is 5.97 Å². The first-order valence-corrected chi connectivity index (χ1v) is 12.1. The van der Waals surface area contributed by atoms with E-state index in [-0.39, 0.29) is 0 Å². The average molecular weight is 427 g/mol. The summed E-state index contributed by atoms with van der Waals surface area (Å²) in [6.45, 7) is -0.569. The molecule has 0 radical (unpaired) electrons. The molecule has 0 heterocycles. The van der Waals surface area contributed by atoms with Crippen LogP contribution in [0.15, 0.2) is 0 Å². The molecular formula is C24H33F3O3. The molecule has 1 atom stereocenters. The van der Waals surface area contributed by atoms with Crippen LogP contribution < -0.4 is 0 Å². The average Bonchev–Trinajstić information content (AvgIpc) is 2.57. The van der Waals surface area contributed by atoms with Crippen LogP contribution in [0.3, 0.4) is 0 Å². The summed E-state index contributed by atoms with van der Waals surface area (Å²) in [7, 11) is 0. The second kappa shape index (κ2) is 6.62. The summed E-state index contributed by atoms with van der Waals surface area (Å²) in [6.07, 6.45) is 7.36. The predicted octanol–water partition coefficient (Wildman–Crippen LogP) is 5.66. The van der Waals surface area contributed by atoms with Crippen LogP contribution in [-0.2, 0) is 14.3 Å². The van der Waals surface area contributed by atoms with Gasteiger partial charge in [0.1, 0.15) is 5.60 Å². The van der Waals surface area contributed by atoms with Crippen molar-refractivity contribution in [1.29, 1.82) is 0 Å². The van der Waals surface area contributed by atoms with Crippen molar-refractivity contribution in [2.45, 2.75) is 94.4 Å². The molecule has 8 aliphatic rings. The zero-order chi connectivity index (χ0) is 20.7. The Balaban J connectivity index is 1.15. The van der Waals surface area contributed by atoms with E-state index in [0.717, 1.165) is 57.8 Å². The maximum absolute atomic E-state index is 13.9. The number of halogens is 3. The molecule has 168 valence electrons. The van der Waals surface area contributed by atoms with Crippen molar-refractivity contribution in [3.8, 4) is 0 Å². The lowest BCUT2D eigenvalue weighted by atomic mass is 9.54. The predicted molar refractivity (Wildman–Crippen MR) is 103 cm³/mol. The van der Waals surface area contributed by atoms with Gasteiger partial charge in [-0.05, 0) is 113 Å². The molecule has 1 unspecified atom stereocenters. The molecule has 0 aromatic heterocycles. The van der Waals surface area contributed by atoms with E-state index in [1.165, 1.54) is 19.3 Å². The first-order chi connectivity index (χ1) is 14.2. The lowest BCUT2D eigenvalue weighted by Gasteiger charge is -2.56. The first kappa shape index (κ1) is 19.9. The number of hydrogen-bond acceptors (Lipinski definition) is 3. The minimum atomic E-state index is -4.62. The minimum Gasteiger partial charge on any atom is -0.459 e. The monoisotopic (exact) mass is 426 g/mol. The van der Waals surface area contributed by atoms with Crippen molar-refractivity contribution in [3.05, 3.63) is 0 Å². The van der Waals surface area contributed by atoms with E-state index in [0.29, 0.717) is 35.5 Å². The summed E-state index contributed by atoms with van der Waals surface area (Å²) in [6, 6.07) is 0. The van der Waals surface area contributed by atoms with E-state index in [2.05, 4.69) is 0 Å². The van der Waals surface area contributed by atoms with Crippen molar-refractivity contribution in [2.24, 2.45) is 41.4 Å². The summed E-state index contributed by atoms with van der Waals surface area (Å²) in [4.78, 5) is 12.9. The van der Waals surface area contributed by atoms with Gasteiger partial charge < -0.3 is 9.47 Å². The van der Waals surface area contributed by atoms with Gasteiger partial charge in [-0.3, -0.25) is 4.79 Å². The Morgan fingerprint density at radius 1 is 0.733 bits per heavy atom. The highest BCUT2D eigenvalue weighted by Crippen LogP contribution is 2.59. The zero-order valence-corrected chi connectivity index (χ0v) is 17.6. The molecular weight excluding hydrogens is 393 g/mol. The molecule has 0 N–H and O–H groups in total. The van der Waals surface area contributed by atoms with Gasteiger partial charge in [-0.15, -0.1) is 0 Å². The lowest BCUT2D eigenvalue weighted by molar-refractivity contribution is -0.240. The second-order valence-corrected chi connectivity index (χ2v) is 12.0. The Morgan fingerprint density at radius 3 is 1.47 bits per heavy atom. The summed E-state index contributed by atoms with van der Waals surface area (Å²) in [5.74, 6) is 0.122. The van der Waals surface area contributed by atoms with Gasteiger partial charge >= 0.3 is 12.1 Å². The topological polar surface area (TPSA) is 35.5 Å². The van der Waals surface area contributed by atoms with E-state index in [9.17, 15) is 18.0 Å². The highest BCUT2D eigenvalue weighted by Gasteiger charge is 2.57. The second-order valence-electron chi connectivity index (χ2n) is 12.0. The van der Waals surface area contributed by atoms with Gasteiger partial charge in [0.15, 0.2) is 5.92 Å². The van der Waals surface area contributed by atoms with E-state index in [1.807, 2.05) is 0 Å². The fraction of sp³-hybridized carbons (Fsp3) is 0.958. The molecule has 8 fully saturated rings. The van der Waals surface area contributed by atoms with Crippen molar-refractivity contribution in [3.63, 3.8) is 0 Å². The number of alkyl halides is 3. The van der Waals surface area contributed by atoms with Gasteiger partial charge in [-0.2, -0.15) is 13.2 Å². The maximum atomic E-state index is 13.9. The van der Waals surface area contributed by atoms with Gasteiger partial charge in [0.05, 0.1) is 12.2 Å². The van der Waals surface area contributed by atoms with Crippen LogP contribution in [0.25, 0.3) is 0 Å². The molecule has 3 nitrogen and oxygen atoms in total. The molecule has 0 spiro atoms. The molecule has 8 aliphatic carbocycles. The van der Waals surface area contributed by atoms with Crippen LogP contribution in [0, 0.1) is 41.4 Å². The fourth-order valence-electron chi connectivity index (χ4n) is 9.20. The number of rotatable bonds is 5. The van der Waals surface area contributed by atoms with Crippen LogP contribution in [0.1, 0.15) is 77.0 Å².